The number of ether oxygens (including phenoxy) is 4. The summed E-state index contributed by atoms with van der Waals surface area (Å²) in [5.41, 5.74) is 1.82. The van der Waals surface area contributed by atoms with Gasteiger partial charge < -0.3 is 29.1 Å². The van der Waals surface area contributed by atoms with Crippen molar-refractivity contribution in [3.63, 3.8) is 0 Å². The maximum atomic E-state index is 12.8. The molecule has 12 heteroatoms. The number of nitrogens with one attached hydrogen (secondary N) is 1. The molecule has 0 radical (unpaired) electrons. The Labute approximate surface area is 251 Å². The summed E-state index contributed by atoms with van der Waals surface area (Å²) >= 11 is 0. The van der Waals surface area contributed by atoms with Crippen LogP contribution in [0.15, 0.2) is 54.6 Å². The van der Waals surface area contributed by atoms with Crippen LogP contribution in [0.25, 0.3) is 6.08 Å². The minimum atomic E-state index is -0.864. The summed E-state index contributed by atoms with van der Waals surface area (Å²) in [4.78, 5) is 50.3. The van der Waals surface area contributed by atoms with Crippen LogP contribution in [0, 0.1) is 10.1 Å². The van der Waals surface area contributed by atoms with Gasteiger partial charge in [-0.15, -0.1) is 10.1 Å². The largest absolute Gasteiger partial charge is 0.463 e. The summed E-state index contributed by atoms with van der Waals surface area (Å²) in [5, 5.41) is 12.3. The lowest BCUT2D eigenvalue weighted by molar-refractivity contribution is -0.757. The van der Waals surface area contributed by atoms with Crippen LogP contribution in [0.1, 0.15) is 61.0 Å². The monoisotopic (exact) mass is 600 g/mol. The van der Waals surface area contributed by atoms with E-state index in [1.807, 2.05) is 19.1 Å². The van der Waals surface area contributed by atoms with E-state index in [9.17, 15) is 24.5 Å². The van der Waals surface area contributed by atoms with Gasteiger partial charge >= 0.3 is 17.9 Å². The van der Waals surface area contributed by atoms with Crippen LogP contribution < -0.4 is 10.1 Å². The maximum absolute atomic E-state index is 12.8. The summed E-state index contributed by atoms with van der Waals surface area (Å²) in [6.45, 7) is 7.28. The average Bonchev–Trinajstić information content (AvgIpc) is 2.99. The van der Waals surface area contributed by atoms with E-state index in [-0.39, 0.29) is 25.3 Å². The van der Waals surface area contributed by atoms with Crippen LogP contribution in [-0.2, 0) is 35.1 Å². The predicted octanol–water partition coefficient (Wildman–Crippen LogP) is 4.33. The molecule has 1 saturated heterocycles. The first-order valence-corrected chi connectivity index (χ1v) is 14.3. The van der Waals surface area contributed by atoms with E-state index in [2.05, 4.69) is 10.2 Å². The molecule has 43 heavy (non-hydrogen) atoms. The topological polar surface area (TPSA) is 153 Å². The van der Waals surface area contributed by atoms with Gasteiger partial charge in [0.05, 0.1) is 32.0 Å². The molecule has 1 heterocycles. The third kappa shape index (κ3) is 15.5. The van der Waals surface area contributed by atoms with Crippen molar-refractivity contribution in [2.24, 2.45) is 0 Å². The Balaban J connectivity index is 0.000000953. The van der Waals surface area contributed by atoms with Gasteiger partial charge in [0.2, 0.25) is 0 Å². The summed E-state index contributed by atoms with van der Waals surface area (Å²) < 4.78 is 20.9. The zero-order chi connectivity index (χ0) is 31.3. The molecule has 0 spiro atoms. The van der Waals surface area contributed by atoms with Crippen molar-refractivity contribution in [2.75, 3.05) is 39.5 Å². The SMILES string of the molecule is C1COCCN1.CCCC(Cc1ccccc1C(=O)Oc1ccc(C=CC(=O)OCCCCO[N+](=O)[O-])cc1)OC(C)=O. The van der Waals surface area contributed by atoms with Gasteiger partial charge in [0, 0.05) is 32.5 Å². The number of morpholine rings is 1. The van der Waals surface area contributed by atoms with Crippen molar-refractivity contribution < 1.29 is 43.3 Å². The van der Waals surface area contributed by atoms with Crippen molar-refractivity contribution in [2.45, 2.75) is 52.1 Å². The summed E-state index contributed by atoms with van der Waals surface area (Å²) in [6.07, 6.45) is 5.27. The van der Waals surface area contributed by atoms with Crippen molar-refractivity contribution in [3.05, 3.63) is 81.4 Å². The molecule has 0 aromatic heterocycles. The lowest BCUT2D eigenvalue weighted by Gasteiger charge is -2.18. The Morgan fingerprint density at radius 2 is 1.74 bits per heavy atom. The van der Waals surface area contributed by atoms with Crippen molar-refractivity contribution >= 4 is 24.0 Å². The van der Waals surface area contributed by atoms with E-state index in [1.165, 1.54) is 13.0 Å². The number of rotatable bonds is 15. The molecular formula is C31H40N2O10. The highest BCUT2D eigenvalue weighted by Gasteiger charge is 2.18. The molecule has 1 fully saturated rings. The molecule has 0 bridgehead atoms. The third-order valence-electron chi connectivity index (χ3n) is 5.96. The second-order valence-electron chi connectivity index (χ2n) is 9.47. The van der Waals surface area contributed by atoms with E-state index in [0.717, 1.165) is 38.3 Å². The van der Waals surface area contributed by atoms with Gasteiger partial charge in [0.15, 0.2) is 0 Å². The Morgan fingerprint density at radius 3 is 2.35 bits per heavy atom. The van der Waals surface area contributed by atoms with Crippen LogP contribution in [0.2, 0.25) is 0 Å². The van der Waals surface area contributed by atoms with Gasteiger partial charge in [0.1, 0.15) is 11.9 Å². The standard InChI is InChI=1S/C27H31NO9.C4H9NO/c1-3-8-24(36-20(2)29)19-22-9-4-5-10-25(22)27(31)37-23-14-11-21(12-15-23)13-16-26(30)34-17-6-7-18-35-28(32)33;1-3-6-4-2-5-1/h4-5,9-16,24H,3,6-8,17-19H2,1-2H3;5H,1-4H2. The predicted molar refractivity (Wildman–Crippen MR) is 158 cm³/mol. The number of hydrogen-bond acceptors (Lipinski definition) is 11. The van der Waals surface area contributed by atoms with Crippen molar-refractivity contribution in [1.29, 1.82) is 0 Å². The fourth-order valence-electron chi connectivity index (χ4n) is 3.96. The Morgan fingerprint density at radius 1 is 1.05 bits per heavy atom. The van der Waals surface area contributed by atoms with Gasteiger partial charge in [-0.1, -0.05) is 43.7 Å². The fraction of sp³-hybridized carbons (Fsp3) is 0.452. The molecule has 12 nitrogen and oxygen atoms in total. The fourth-order valence-corrected chi connectivity index (χ4v) is 3.96. The molecule has 1 aliphatic rings. The maximum Gasteiger partial charge on any atom is 0.343 e. The highest BCUT2D eigenvalue weighted by Crippen LogP contribution is 2.20. The first-order chi connectivity index (χ1) is 20.8. The van der Waals surface area contributed by atoms with Crippen LogP contribution in [-0.4, -0.2) is 68.6 Å². The van der Waals surface area contributed by atoms with E-state index < -0.39 is 17.0 Å². The van der Waals surface area contributed by atoms with E-state index >= 15 is 0 Å². The lowest BCUT2D eigenvalue weighted by atomic mass is 9.99. The molecule has 1 N–H and O–H groups in total. The molecule has 2 aromatic carbocycles. The molecule has 1 atom stereocenters. The highest BCUT2D eigenvalue weighted by atomic mass is 16.9. The van der Waals surface area contributed by atoms with Gasteiger partial charge in [-0.05, 0) is 54.7 Å². The normalized spacial score (nSPS) is 13.3. The molecular weight excluding hydrogens is 560 g/mol. The molecule has 0 amide bonds. The average molecular weight is 601 g/mol. The minimum absolute atomic E-state index is 0.0451. The first kappa shape index (κ1) is 34.9. The minimum Gasteiger partial charge on any atom is -0.463 e. The van der Waals surface area contributed by atoms with E-state index in [0.29, 0.717) is 42.6 Å². The zero-order valence-corrected chi connectivity index (χ0v) is 24.7. The van der Waals surface area contributed by atoms with Gasteiger partial charge in [-0.2, -0.15) is 0 Å². The number of carbonyl (C=O) groups is 3. The van der Waals surface area contributed by atoms with Crippen molar-refractivity contribution in [1.82, 2.24) is 5.32 Å². The van der Waals surface area contributed by atoms with Crippen LogP contribution in [0.4, 0.5) is 0 Å². The second kappa shape index (κ2) is 20.6. The quantitative estimate of drug-likeness (QED) is 0.0776. The Bertz CT molecular complexity index is 1170. The summed E-state index contributed by atoms with van der Waals surface area (Å²) in [6, 6.07) is 13.6. The van der Waals surface area contributed by atoms with Gasteiger partial charge in [0.25, 0.3) is 5.09 Å². The second-order valence-corrected chi connectivity index (χ2v) is 9.47. The summed E-state index contributed by atoms with van der Waals surface area (Å²) in [7, 11) is 0. The van der Waals surface area contributed by atoms with Gasteiger partial charge in [-0.25, -0.2) is 9.59 Å². The highest BCUT2D eigenvalue weighted by molar-refractivity contribution is 5.92. The van der Waals surface area contributed by atoms with E-state index in [1.54, 1.807) is 42.5 Å². The smallest absolute Gasteiger partial charge is 0.343 e. The molecule has 0 saturated carbocycles. The van der Waals surface area contributed by atoms with Crippen molar-refractivity contribution in [3.8, 4) is 5.75 Å². The number of carbonyl (C=O) groups excluding carboxylic acids is 3. The van der Waals surface area contributed by atoms with E-state index in [4.69, 9.17) is 18.9 Å². The molecule has 1 unspecified atom stereocenters. The van der Waals surface area contributed by atoms with Crippen LogP contribution >= 0.6 is 0 Å². The summed E-state index contributed by atoms with van der Waals surface area (Å²) in [5.74, 6) is -1.09. The molecule has 1 aliphatic heterocycles. The molecule has 0 aliphatic carbocycles. The molecule has 3 rings (SSSR count). The molecule has 234 valence electrons. The molecule has 2 aromatic rings. The first-order valence-electron chi connectivity index (χ1n) is 14.3. The number of unbranched alkanes of at least 4 members (excludes halogenated alkanes) is 1. The Kier molecular flexibility index (Phi) is 16.7. The number of nitrogens with zero attached hydrogens (tertiary/aromatic N) is 1. The Hall–Kier alpha value is -4.29. The third-order valence-corrected chi connectivity index (χ3v) is 5.96. The number of hydrogen-bond donors (Lipinski definition) is 1. The van der Waals surface area contributed by atoms with Crippen LogP contribution in [0.3, 0.4) is 0 Å². The zero-order valence-electron chi connectivity index (χ0n) is 24.7. The number of esters is 3. The van der Waals surface area contributed by atoms with Crippen LogP contribution in [0.5, 0.6) is 5.75 Å². The van der Waals surface area contributed by atoms with Gasteiger partial charge in [-0.3, -0.25) is 4.79 Å². The lowest BCUT2D eigenvalue weighted by Crippen LogP contribution is -2.30. The number of benzene rings is 2.